The van der Waals surface area contributed by atoms with Crippen molar-refractivity contribution in [2.75, 3.05) is 0 Å². The highest BCUT2D eigenvalue weighted by atomic mass is 32.1. The molecule has 2 heteroatoms. The van der Waals surface area contributed by atoms with Gasteiger partial charge in [0.25, 0.3) is 0 Å². The molecule has 1 aromatic heterocycles. The zero-order valence-electron chi connectivity index (χ0n) is 30.4. The average molecular weight is 708 g/mol. The van der Waals surface area contributed by atoms with E-state index < -0.39 is 0 Å². The smallest absolute Gasteiger partial charge is 0.124 e. The van der Waals surface area contributed by atoms with E-state index in [1.165, 1.54) is 104 Å². The second-order valence-corrected chi connectivity index (χ2v) is 16.4. The molecule has 9 aromatic rings. The fraction of sp³-hybridized carbons (Fsp3) is 0.0962. The molecular formula is C52H37NS. The standard InChI is InChI=1S/C52H37NS/c1-52(2)44-21-11-10-20-41(44)50-37-17-7-6-16-36(37)43(31-45(50)52)49-39-19-9-8-18-38(39)48(33-14-4-3-5-15-33)40-29-28-35(30-42(40)49)32-24-26-34(27-25-32)51-53-46-22-12-13-23-47(46)54-51/h3-11,13-21,23-31H,12,22H2,1-2H3. The highest BCUT2D eigenvalue weighted by Crippen LogP contribution is 2.55. The molecule has 1 nitrogen and oxygen atoms in total. The summed E-state index contributed by atoms with van der Waals surface area (Å²) in [6.07, 6.45) is 6.61. The van der Waals surface area contributed by atoms with Crippen LogP contribution in [0.4, 0.5) is 0 Å². The summed E-state index contributed by atoms with van der Waals surface area (Å²) in [6, 6.07) is 56.8. The molecule has 1 heterocycles. The van der Waals surface area contributed by atoms with Crippen LogP contribution in [0.2, 0.25) is 0 Å². The summed E-state index contributed by atoms with van der Waals surface area (Å²) in [5.41, 5.74) is 15.3. The highest BCUT2D eigenvalue weighted by Gasteiger charge is 2.37. The Bertz CT molecular complexity index is 3000. The summed E-state index contributed by atoms with van der Waals surface area (Å²) >= 11 is 1.80. The van der Waals surface area contributed by atoms with Crippen molar-refractivity contribution >= 4 is 49.7 Å². The van der Waals surface area contributed by atoms with E-state index in [1.54, 1.807) is 11.3 Å². The van der Waals surface area contributed by atoms with Crippen LogP contribution in [0, 0.1) is 0 Å². The molecule has 256 valence electrons. The van der Waals surface area contributed by atoms with Crippen LogP contribution in [-0.4, -0.2) is 4.98 Å². The minimum Gasteiger partial charge on any atom is -0.240 e. The molecule has 8 aromatic carbocycles. The molecule has 0 radical (unpaired) electrons. The first-order chi connectivity index (χ1) is 26.5. The van der Waals surface area contributed by atoms with E-state index in [9.17, 15) is 0 Å². The second kappa shape index (κ2) is 12.0. The molecule has 54 heavy (non-hydrogen) atoms. The fourth-order valence-electron chi connectivity index (χ4n) is 9.33. The van der Waals surface area contributed by atoms with Gasteiger partial charge in [-0.1, -0.05) is 159 Å². The minimum absolute atomic E-state index is 0.125. The third-order valence-electron chi connectivity index (χ3n) is 12.0. The molecule has 0 fully saturated rings. The van der Waals surface area contributed by atoms with Gasteiger partial charge in [0.1, 0.15) is 5.01 Å². The second-order valence-electron chi connectivity index (χ2n) is 15.3. The number of aromatic nitrogens is 1. The molecule has 11 rings (SSSR count). The van der Waals surface area contributed by atoms with Crippen molar-refractivity contribution in [1.29, 1.82) is 0 Å². The third-order valence-corrected chi connectivity index (χ3v) is 13.1. The SMILES string of the molecule is CC1(C)c2ccccc2-c2c1cc(-c1c3ccccc3c(-c3ccccc3)c3ccc(-c4ccc(-c5nc6c(s5)C=CCC6)cc4)cc13)c1ccccc21. The van der Waals surface area contributed by atoms with Crippen LogP contribution in [-0.2, 0) is 11.8 Å². The Balaban J connectivity index is 1.19. The third kappa shape index (κ3) is 4.66. The first-order valence-electron chi connectivity index (χ1n) is 19.0. The predicted molar refractivity (Wildman–Crippen MR) is 231 cm³/mol. The van der Waals surface area contributed by atoms with Crippen LogP contribution in [0.15, 0.2) is 158 Å². The number of nitrogens with zero attached hydrogens (tertiary/aromatic N) is 1. The fourth-order valence-corrected chi connectivity index (χ4v) is 10.4. The molecule has 0 atom stereocenters. The first kappa shape index (κ1) is 31.4. The van der Waals surface area contributed by atoms with E-state index in [0.29, 0.717) is 0 Å². The lowest BCUT2D eigenvalue weighted by Crippen LogP contribution is -2.15. The highest BCUT2D eigenvalue weighted by molar-refractivity contribution is 7.16. The van der Waals surface area contributed by atoms with Crippen LogP contribution in [0.25, 0.3) is 93.5 Å². The van der Waals surface area contributed by atoms with Gasteiger partial charge < -0.3 is 0 Å². The lowest BCUT2D eigenvalue weighted by atomic mass is 9.78. The van der Waals surface area contributed by atoms with Gasteiger partial charge in [0.05, 0.1) is 10.6 Å². The van der Waals surface area contributed by atoms with Crippen molar-refractivity contribution in [3.05, 3.63) is 179 Å². The molecule has 0 saturated carbocycles. The van der Waals surface area contributed by atoms with Crippen molar-refractivity contribution in [1.82, 2.24) is 4.98 Å². The van der Waals surface area contributed by atoms with Gasteiger partial charge in [0, 0.05) is 11.0 Å². The number of allylic oxidation sites excluding steroid dienone is 1. The van der Waals surface area contributed by atoms with Gasteiger partial charge >= 0.3 is 0 Å². The van der Waals surface area contributed by atoms with E-state index in [1.807, 2.05) is 0 Å². The lowest BCUT2D eigenvalue weighted by molar-refractivity contribution is 0.661. The molecule has 0 unspecified atom stereocenters. The molecule has 0 amide bonds. The number of aryl methyl sites for hydroxylation is 1. The molecule has 0 saturated heterocycles. The first-order valence-corrected chi connectivity index (χ1v) is 19.8. The Kier molecular flexibility index (Phi) is 6.96. The van der Waals surface area contributed by atoms with Crippen LogP contribution in [0.3, 0.4) is 0 Å². The van der Waals surface area contributed by atoms with Crippen molar-refractivity contribution in [2.24, 2.45) is 0 Å². The number of thiazole rings is 1. The van der Waals surface area contributed by atoms with Gasteiger partial charge in [0.15, 0.2) is 0 Å². The van der Waals surface area contributed by atoms with Crippen LogP contribution in [0.1, 0.15) is 42.0 Å². The lowest BCUT2D eigenvalue weighted by Gasteiger charge is -2.24. The van der Waals surface area contributed by atoms with Gasteiger partial charge in [-0.05, 0) is 119 Å². The Morgan fingerprint density at radius 1 is 0.481 bits per heavy atom. The Morgan fingerprint density at radius 3 is 1.89 bits per heavy atom. The molecular weight excluding hydrogens is 671 g/mol. The van der Waals surface area contributed by atoms with Gasteiger partial charge in [-0.25, -0.2) is 4.98 Å². The molecule has 2 aliphatic carbocycles. The van der Waals surface area contributed by atoms with Crippen molar-refractivity contribution < 1.29 is 0 Å². The monoisotopic (exact) mass is 707 g/mol. The maximum absolute atomic E-state index is 5.02. The Labute approximate surface area is 319 Å². The summed E-state index contributed by atoms with van der Waals surface area (Å²) in [5.74, 6) is 0. The summed E-state index contributed by atoms with van der Waals surface area (Å²) in [7, 11) is 0. The number of hydrogen-bond acceptors (Lipinski definition) is 2. The van der Waals surface area contributed by atoms with E-state index in [0.717, 1.165) is 17.8 Å². The topological polar surface area (TPSA) is 12.9 Å². The molecule has 0 bridgehead atoms. The summed E-state index contributed by atoms with van der Waals surface area (Å²) in [5, 5.41) is 8.80. The summed E-state index contributed by atoms with van der Waals surface area (Å²) in [4.78, 5) is 6.32. The van der Waals surface area contributed by atoms with E-state index >= 15 is 0 Å². The van der Waals surface area contributed by atoms with Gasteiger partial charge in [0.2, 0.25) is 0 Å². The van der Waals surface area contributed by atoms with Crippen molar-refractivity contribution in [3.8, 4) is 55.1 Å². The molecule has 0 aliphatic heterocycles. The zero-order chi connectivity index (χ0) is 36.0. The molecule has 0 N–H and O–H groups in total. The summed E-state index contributed by atoms with van der Waals surface area (Å²) in [6.45, 7) is 4.79. The average Bonchev–Trinajstić information content (AvgIpc) is 3.76. The van der Waals surface area contributed by atoms with Gasteiger partial charge in [-0.2, -0.15) is 0 Å². The minimum atomic E-state index is -0.125. The maximum atomic E-state index is 5.02. The summed E-state index contributed by atoms with van der Waals surface area (Å²) < 4.78 is 0. The Hall–Kier alpha value is -6.09. The Morgan fingerprint density at radius 2 is 1.11 bits per heavy atom. The van der Waals surface area contributed by atoms with Crippen LogP contribution >= 0.6 is 11.3 Å². The van der Waals surface area contributed by atoms with Crippen LogP contribution < -0.4 is 0 Å². The molecule has 0 spiro atoms. The number of rotatable bonds is 4. The largest absolute Gasteiger partial charge is 0.240 e. The number of fused-ring (bicyclic) bond motifs is 8. The normalized spacial score (nSPS) is 14.0. The van der Waals surface area contributed by atoms with E-state index in [4.69, 9.17) is 4.98 Å². The van der Waals surface area contributed by atoms with Crippen molar-refractivity contribution in [3.63, 3.8) is 0 Å². The zero-order valence-corrected chi connectivity index (χ0v) is 31.2. The maximum Gasteiger partial charge on any atom is 0.124 e. The molecule has 2 aliphatic rings. The van der Waals surface area contributed by atoms with E-state index in [2.05, 4.69) is 178 Å². The number of benzene rings is 8. The quantitative estimate of drug-likeness (QED) is 0.166. The number of hydrogen-bond donors (Lipinski definition) is 0. The van der Waals surface area contributed by atoms with Crippen LogP contribution in [0.5, 0.6) is 0 Å². The van der Waals surface area contributed by atoms with Crippen molar-refractivity contribution in [2.45, 2.75) is 32.1 Å². The van der Waals surface area contributed by atoms with Gasteiger partial charge in [-0.15, -0.1) is 11.3 Å². The van der Waals surface area contributed by atoms with Gasteiger partial charge in [-0.3, -0.25) is 0 Å². The predicted octanol–water partition coefficient (Wildman–Crippen LogP) is 14.5. The van der Waals surface area contributed by atoms with E-state index in [-0.39, 0.29) is 5.41 Å².